The van der Waals surface area contributed by atoms with E-state index in [2.05, 4.69) is 0 Å². The van der Waals surface area contributed by atoms with Crippen molar-refractivity contribution in [2.75, 3.05) is 26.4 Å². The van der Waals surface area contributed by atoms with E-state index < -0.39 is 8.80 Å². The Balaban J connectivity index is 3.76. The van der Waals surface area contributed by atoms with E-state index >= 15 is 0 Å². The van der Waals surface area contributed by atoms with Crippen LogP contribution in [0.5, 0.6) is 0 Å². The van der Waals surface area contributed by atoms with Crippen molar-refractivity contribution in [2.24, 2.45) is 0 Å². The zero-order valence-corrected chi connectivity index (χ0v) is 17.0. The number of rotatable bonds is 16. The van der Waals surface area contributed by atoms with E-state index in [1.165, 1.54) is 12.5 Å². The molecule has 0 spiro atoms. The standard InChI is InChI=1S/C18H36O5Si/c1-5-15-18(19)20-16-13-11-9-10-12-14-17-24(21-6-2,22-7-3)23-8-4/h5,15H,6-14,16-17H2,1-4H3. The van der Waals surface area contributed by atoms with Gasteiger partial charge in [-0.3, -0.25) is 0 Å². The van der Waals surface area contributed by atoms with Crippen molar-refractivity contribution < 1.29 is 22.8 Å². The van der Waals surface area contributed by atoms with Crippen molar-refractivity contribution in [3.8, 4) is 0 Å². The Morgan fingerprint density at radius 3 is 1.83 bits per heavy atom. The Hall–Kier alpha value is -0.693. The molecule has 0 aliphatic heterocycles. The molecule has 0 saturated carbocycles. The highest BCUT2D eigenvalue weighted by molar-refractivity contribution is 6.60. The van der Waals surface area contributed by atoms with Gasteiger partial charge in [0.2, 0.25) is 0 Å². The van der Waals surface area contributed by atoms with Crippen LogP contribution >= 0.6 is 0 Å². The highest BCUT2D eigenvalue weighted by Crippen LogP contribution is 2.20. The Labute approximate surface area is 149 Å². The van der Waals surface area contributed by atoms with Crippen molar-refractivity contribution in [1.82, 2.24) is 0 Å². The minimum atomic E-state index is -2.46. The highest BCUT2D eigenvalue weighted by atomic mass is 28.4. The number of hydrogen-bond acceptors (Lipinski definition) is 5. The predicted octanol–water partition coefficient (Wildman–Crippen LogP) is 4.49. The number of ether oxygens (including phenoxy) is 1. The fourth-order valence-corrected chi connectivity index (χ4v) is 5.19. The summed E-state index contributed by atoms with van der Waals surface area (Å²) in [5, 5.41) is 0. The van der Waals surface area contributed by atoms with Crippen LogP contribution < -0.4 is 0 Å². The Bertz CT molecular complexity index is 316. The van der Waals surface area contributed by atoms with Gasteiger partial charge < -0.3 is 18.0 Å². The van der Waals surface area contributed by atoms with Gasteiger partial charge in [-0.25, -0.2) is 4.79 Å². The maximum absolute atomic E-state index is 11.1. The molecule has 5 nitrogen and oxygen atoms in total. The fourth-order valence-electron chi connectivity index (χ4n) is 2.51. The lowest BCUT2D eigenvalue weighted by molar-refractivity contribution is -0.137. The SMILES string of the molecule is CC=CC(=O)OCCCCCCCC[Si](OCC)(OCC)OCC. The van der Waals surface area contributed by atoms with Gasteiger partial charge in [-0.15, -0.1) is 0 Å². The number of unbranched alkanes of at least 4 members (excludes halogenated alkanes) is 5. The maximum atomic E-state index is 11.1. The summed E-state index contributed by atoms with van der Waals surface area (Å²) >= 11 is 0. The van der Waals surface area contributed by atoms with E-state index in [0.29, 0.717) is 26.4 Å². The van der Waals surface area contributed by atoms with Crippen LogP contribution in [-0.2, 0) is 22.8 Å². The molecule has 0 aromatic carbocycles. The summed E-state index contributed by atoms with van der Waals surface area (Å²) in [5.74, 6) is -0.249. The fraction of sp³-hybridized carbons (Fsp3) is 0.833. The number of hydrogen-bond donors (Lipinski definition) is 0. The summed E-state index contributed by atoms with van der Waals surface area (Å²) in [6.45, 7) is 10.2. The van der Waals surface area contributed by atoms with Gasteiger partial charge >= 0.3 is 14.8 Å². The first-order valence-electron chi connectivity index (χ1n) is 9.35. The second kappa shape index (κ2) is 15.8. The molecular formula is C18H36O5Si. The predicted molar refractivity (Wildman–Crippen MR) is 98.9 cm³/mol. The second-order valence-corrected chi connectivity index (χ2v) is 8.25. The average Bonchev–Trinajstić information content (AvgIpc) is 2.54. The molecule has 0 atom stereocenters. The molecule has 0 aromatic rings. The van der Waals surface area contributed by atoms with Gasteiger partial charge in [0.25, 0.3) is 0 Å². The molecule has 142 valence electrons. The third-order valence-electron chi connectivity index (χ3n) is 3.52. The van der Waals surface area contributed by atoms with Crippen molar-refractivity contribution >= 4 is 14.8 Å². The van der Waals surface area contributed by atoms with Crippen LogP contribution in [0.4, 0.5) is 0 Å². The van der Waals surface area contributed by atoms with Gasteiger partial charge in [0, 0.05) is 31.9 Å². The molecule has 0 fully saturated rings. The smallest absolute Gasteiger partial charge is 0.463 e. The first-order chi connectivity index (χ1) is 11.6. The van der Waals surface area contributed by atoms with E-state index in [1.807, 2.05) is 20.8 Å². The molecule has 0 amide bonds. The minimum absolute atomic E-state index is 0.249. The van der Waals surface area contributed by atoms with Crippen molar-refractivity contribution in [2.45, 2.75) is 72.3 Å². The topological polar surface area (TPSA) is 54.0 Å². The molecule has 0 aliphatic rings. The van der Waals surface area contributed by atoms with Gasteiger partial charge in [0.05, 0.1) is 6.61 Å². The summed E-state index contributed by atoms with van der Waals surface area (Å²) < 4.78 is 22.6. The zero-order valence-electron chi connectivity index (χ0n) is 16.0. The van der Waals surface area contributed by atoms with Gasteiger partial charge in [0.15, 0.2) is 0 Å². The lowest BCUT2D eigenvalue weighted by atomic mass is 10.1. The molecule has 0 N–H and O–H groups in total. The van der Waals surface area contributed by atoms with Crippen LogP contribution in [0.3, 0.4) is 0 Å². The van der Waals surface area contributed by atoms with Gasteiger partial charge in [-0.2, -0.15) is 0 Å². The molecule has 0 saturated heterocycles. The normalized spacial score (nSPS) is 12.0. The highest BCUT2D eigenvalue weighted by Gasteiger charge is 2.39. The molecule has 0 unspecified atom stereocenters. The molecule has 24 heavy (non-hydrogen) atoms. The van der Waals surface area contributed by atoms with Crippen molar-refractivity contribution in [3.63, 3.8) is 0 Å². The number of esters is 1. The number of carbonyl (C=O) groups is 1. The van der Waals surface area contributed by atoms with E-state index in [-0.39, 0.29) is 5.97 Å². The quantitative estimate of drug-likeness (QED) is 0.176. The summed E-state index contributed by atoms with van der Waals surface area (Å²) in [6, 6.07) is 0.892. The van der Waals surface area contributed by atoms with Crippen LogP contribution in [0.1, 0.15) is 66.2 Å². The maximum Gasteiger partial charge on any atom is 0.500 e. The lowest BCUT2D eigenvalue weighted by Gasteiger charge is -2.28. The number of carbonyl (C=O) groups excluding carboxylic acids is 1. The van der Waals surface area contributed by atoms with Gasteiger partial charge in [0.1, 0.15) is 0 Å². The molecule has 0 radical (unpaired) electrons. The van der Waals surface area contributed by atoms with Gasteiger partial charge in [-0.1, -0.05) is 31.8 Å². The van der Waals surface area contributed by atoms with E-state index in [1.54, 1.807) is 13.0 Å². The van der Waals surface area contributed by atoms with E-state index in [4.69, 9.17) is 18.0 Å². The third kappa shape index (κ3) is 11.8. The molecule has 0 bridgehead atoms. The van der Waals surface area contributed by atoms with Crippen molar-refractivity contribution in [3.05, 3.63) is 12.2 Å². The molecular weight excluding hydrogens is 324 g/mol. The largest absolute Gasteiger partial charge is 0.500 e. The van der Waals surface area contributed by atoms with E-state index in [0.717, 1.165) is 38.1 Å². The first kappa shape index (κ1) is 23.3. The summed E-state index contributed by atoms with van der Waals surface area (Å²) in [4.78, 5) is 11.1. The third-order valence-corrected chi connectivity index (χ3v) is 6.67. The van der Waals surface area contributed by atoms with Crippen LogP contribution in [-0.4, -0.2) is 41.2 Å². The Kier molecular flexibility index (Phi) is 15.4. The molecule has 0 rings (SSSR count). The Morgan fingerprint density at radius 1 is 0.833 bits per heavy atom. The monoisotopic (exact) mass is 360 g/mol. The van der Waals surface area contributed by atoms with Crippen LogP contribution in [0.25, 0.3) is 0 Å². The summed E-state index contributed by atoms with van der Waals surface area (Å²) in [7, 11) is -2.46. The van der Waals surface area contributed by atoms with Gasteiger partial charge in [-0.05, 0) is 40.5 Å². The Morgan fingerprint density at radius 2 is 1.33 bits per heavy atom. The van der Waals surface area contributed by atoms with Crippen LogP contribution in [0, 0.1) is 0 Å². The molecule has 0 aromatic heterocycles. The number of allylic oxidation sites excluding steroid dienone is 1. The van der Waals surface area contributed by atoms with Crippen molar-refractivity contribution in [1.29, 1.82) is 0 Å². The van der Waals surface area contributed by atoms with Crippen LogP contribution in [0.15, 0.2) is 12.2 Å². The molecule has 0 aliphatic carbocycles. The molecule has 0 heterocycles. The minimum Gasteiger partial charge on any atom is -0.463 e. The first-order valence-corrected chi connectivity index (χ1v) is 11.3. The summed E-state index contributed by atoms with van der Waals surface area (Å²) in [6.07, 6.45) is 9.73. The van der Waals surface area contributed by atoms with E-state index in [9.17, 15) is 4.79 Å². The average molecular weight is 361 g/mol. The van der Waals surface area contributed by atoms with Crippen LogP contribution in [0.2, 0.25) is 6.04 Å². The zero-order chi connectivity index (χ0) is 18.1. The second-order valence-electron chi connectivity index (χ2n) is 5.52. The molecule has 6 heteroatoms. The lowest BCUT2D eigenvalue weighted by Crippen LogP contribution is -2.45. The summed E-state index contributed by atoms with van der Waals surface area (Å²) in [5.41, 5.74) is 0.